The van der Waals surface area contributed by atoms with E-state index in [1.165, 1.54) is 19.2 Å². The maximum atomic E-state index is 11.6. The lowest BCUT2D eigenvalue weighted by atomic mass is 9.93. The van der Waals surface area contributed by atoms with E-state index in [4.69, 9.17) is 9.15 Å². The molecule has 0 saturated heterocycles. The summed E-state index contributed by atoms with van der Waals surface area (Å²) in [5.74, 6) is -1.21. The summed E-state index contributed by atoms with van der Waals surface area (Å²) >= 11 is 0. The van der Waals surface area contributed by atoms with Crippen LogP contribution < -0.4 is 0 Å². The lowest BCUT2D eigenvalue weighted by Gasteiger charge is -2.17. The molecule has 0 saturated carbocycles. The number of methoxy groups -OCH3 is 1. The van der Waals surface area contributed by atoms with E-state index in [0.29, 0.717) is 6.61 Å². The zero-order valence-electron chi connectivity index (χ0n) is 11.1. The van der Waals surface area contributed by atoms with Crippen molar-refractivity contribution in [3.63, 3.8) is 0 Å². The molecular formula is C13H18O5. The number of hydrogen-bond donors (Lipinski definition) is 0. The van der Waals surface area contributed by atoms with E-state index in [1.807, 2.05) is 0 Å². The van der Waals surface area contributed by atoms with Gasteiger partial charge in [-0.05, 0) is 24.0 Å². The molecule has 0 N–H and O–H groups in total. The molecule has 1 aromatic rings. The zero-order valence-corrected chi connectivity index (χ0v) is 11.1. The van der Waals surface area contributed by atoms with Crippen LogP contribution in [0, 0.1) is 5.41 Å². The van der Waals surface area contributed by atoms with E-state index in [2.05, 4.69) is 25.5 Å². The second-order valence-electron chi connectivity index (χ2n) is 5.10. The van der Waals surface area contributed by atoms with Gasteiger partial charge in [-0.25, -0.2) is 9.59 Å². The summed E-state index contributed by atoms with van der Waals surface area (Å²) in [5, 5.41) is 0. The zero-order chi connectivity index (χ0) is 13.8. The molecule has 0 atom stereocenters. The number of furan rings is 1. The van der Waals surface area contributed by atoms with Gasteiger partial charge in [-0.2, -0.15) is 0 Å². The summed E-state index contributed by atoms with van der Waals surface area (Å²) in [6.45, 7) is 6.49. The Kier molecular flexibility index (Phi) is 4.53. The molecule has 1 rings (SSSR count). The molecule has 1 aromatic heterocycles. The molecule has 5 nitrogen and oxygen atoms in total. The van der Waals surface area contributed by atoms with Crippen LogP contribution >= 0.6 is 0 Å². The first kappa shape index (κ1) is 14.3. The van der Waals surface area contributed by atoms with Crippen LogP contribution in [0.5, 0.6) is 0 Å². The molecule has 1 heterocycles. The molecule has 0 aliphatic rings. The van der Waals surface area contributed by atoms with Crippen molar-refractivity contribution in [3.8, 4) is 0 Å². The van der Waals surface area contributed by atoms with Crippen molar-refractivity contribution in [3.05, 3.63) is 23.7 Å². The van der Waals surface area contributed by atoms with Gasteiger partial charge in [-0.3, -0.25) is 0 Å². The average Bonchev–Trinajstić information content (AvgIpc) is 2.75. The minimum atomic E-state index is -0.622. The Hall–Kier alpha value is -1.78. The van der Waals surface area contributed by atoms with Crippen LogP contribution in [0.15, 0.2) is 16.5 Å². The van der Waals surface area contributed by atoms with Crippen LogP contribution in [0.1, 0.15) is 48.3 Å². The summed E-state index contributed by atoms with van der Waals surface area (Å²) in [4.78, 5) is 22.7. The first-order valence-corrected chi connectivity index (χ1v) is 5.69. The SMILES string of the molecule is COC(=O)c1ccc(C(=O)OCCC(C)(C)C)o1. The van der Waals surface area contributed by atoms with Gasteiger partial charge in [-0.15, -0.1) is 0 Å². The summed E-state index contributed by atoms with van der Waals surface area (Å²) in [7, 11) is 1.24. The first-order chi connectivity index (χ1) is 8.33. The molecule has 0 fully saturated rings. The van der Waals surface area contributed by atoms with Crippen molar-refractivity contribution in [1.29, 1.82) is 0 Å². The molecule has 0 aromatic carbocycles. The highest BCUT2D eigenvalue weighted by atomic mass is 16.6. The molecule has 5 heteroatoms. The maximum absolute atomic E-state index is 11.6. The fourth-order valence-electron chi connectivity index (χ4n) is 1.18. The van der Waals surface area contributed by atoms with E-state index in [-0.39, 0.29) is 16.9 Å². The average molecular weight is 254 g/mol. The summed E-state index contributed by atoms with van der Waals surface area (Å²) in [5.41, 5.74) is 0.0978. The van der Waals surface area contributed by atoms with Crippen LogP contribution in [0.2, 0.25) is 0 Å². The number of carbonyl (C=O) groups excluding carboxylic acids is 2. The highest BCUT2D eigenvalue weighted by Crippen LogP contribution is 2.18. The molecule has 0 aliphatic heterocycles. The van der Waals surface area contributed by atoms with Crippen molar-refractivity contribution in [2.24, 2.45) is 5.41 Å². The minimum absolute atomic E-state index is 0.00399. The molecule has 0 amide bonds. The van der Waals surface area contributed by atoms with Crippen LogP contribution in [-0.2, 0) is 9.47 Å². The number of esters is 2. The van der Waals surface area contributed by atoms with E-state index in [1.54, 1.807) is 0 Å². The van der Waals surface area contributed by atoms with Crippen LogP contribution in [0.25, 0.3) is 0 Å². The number of hydrogen-bond acceptors (Lipinski definition) is 5. The highest BCUT2D eigenvalue weighted by Gasteiger charge is 2.18. The van der Waals surface area contributed by atoms with Gasteiger partial charge < -0.3 is 13.9 Å². The second-order valence-corrected chi connectivity index (χ2v) is 5.10. The summed E-state index contributed by atoms with van der Waals surface area (Å²) in [6.07, 6.45) is 0.753. The lowest BCUT2D eigenvalue weighted by Crippen LogP contribution is -2.13. The van der Waals surface area contributed by atoms with Gasteiger partial charge in [0, 0.05) is 0 Å². The molecule has 18 heavy (non-hydrogen) atoms. The molecular weight excluding hydrogens is 236 g/mol. The Balaban J connectivity index is 2.52. The largest absolute Gasteiger partial charge is 0.463 e. The smallest absolute Gasteiger partial charge is 0.374 e. The number of rotatable bonds is 4. The van der Waals surface area contributed by atoms with Gasteiger partial charge in [-0.1, -0.05) is 20.8 Å². The van der Waals surface area contributed by atoms with Gasteiger partial charge in [0.15, 0.2) is 0 Å². The first-order valence-electron chi connectivity index (χ1n) is 5.69. The quantitative estimate of drug-likeness (QED) is 0.773. The normalized spacial score (nSPS) is 11.1. The molecule has 0 unspecified atom stereocenters. The van der Waals surface area contributed by atoms with Gasteiger partial charge >= 0.3 is 11.9 Å². The van der Waals surface area contributed by atoms with Crippen molar-refractivity contribution >= 4 is 11.9 Å². The van der Waals surface area contributed by atoms with E-state index < -0.39 is 11.9 Å². The third-order valence-electron chi connectivity index (χ3n) is 2.28. The Morgan fingerprint density at radius 2 is 1.72 bits per heavy atom. The molecule has 0 radical (unpaired) electrons. The van der Waals surface area contributed by atoms with E-state index in [9.17, 15) is 9.59 Å². The van der Waals surface area contributed by atoms with Gasteiger partial charge in [0.05, 0.1) is 13.7 Å². The van der Waals surface area contributed by atoms with Crippen molar-refractivity contribution in [2.75, 3.05) is 13.7 Å². The Labute approximate surface area is 106 Å². The second kappa shape index (κ2) is 5.71. The Morgan fingerprint density at radius 1 is 1.17 bits per heavy atom. The maximum Gasteiger partial charge on any atom is 0.374 e. The topological polar surface area (TPSA) is 65.7 Å². The number of carbonyl (C=O) groups is 2. The predicted molar refractivity (Wildman–Crippen MR) is 64.4 cm³/mol. The standard InChI is InChI=1S/C13H18O5/c1-13(2,3)7-8-17-12(15)10-6-5-9(18-10)11(14)16-4/h5-6H,7-8H2,1-4H3. The van der Waals surface area contributed by atoms with Crippen molar-refractivity contribution < 1.29 is 23.5 Å². The van der Waals surface area contributed by atoms with Crippen LogP contribution in [-0.4, -0.2) is 25.7 Å². The third-order valence-corrected chi connectivity index (χ3v) is 2.28. The molecule has 0 spiro atoms. The molecule has 0 bridgehead atoms. The van der Waals surface area contributed by atoms with Crippen molar-refractivity contribution in [1.82, 2.24) is 0 Å². The van der Waals surface area contributed by atoms with E-state index >= 15 is 0 Å². The molecule has 100 valence electrons. The minimum Gasteiger partial charge on any atom is -0.463 e. The van der Waals surface area contributed by atoms with Gasteiger partial charge in [0.1, 0.15) is 0 Å². The third kappa shape index (κ3) is 4.24. The monoisotopic (exact) mass is 254 g/mol. The number of ether oxygens (including phenoxy) is 2. The summed E-state index contributed by atoms with van der Waals surface area (Å²) in [6, 6.07) is 2.78. The Morgan fingerprint density at radius 3 is 2.22 bits per heavy atom. The lowest BCUT2D eigenvalue weighted by molar-refractivity contribution is 0.0421. The van der Waals surface area contributed by atoms with E-state index in [0.717, 1.165) is 6.42 Å². The summed E-state index contributed by atoms with van der Waals surface area (Å²) < 4.78 is 14.5. The van der Waals surface area contributed by atoms with Gasteiger partial charge in [0.25, 0.3) is 0 Å². The highest BCUT2D eigenvalue weighted by molar-refractivity contribution is 5.90. The van der Waals surface area contributed by atoms with Crippen LogP contribution in [0.4, 0.5) is 0 Å². The molecule has 0 aliphatic carbocycles. The van der Waals surface area contributed by atoms with Crippen LogP contribution in [0.3, 0.4) is 0 Å². The fourth-order valence-corrected chi connectivity index (χ4v) is 1.18. The fraction of sp³-hybridized carbons (Fsp3) is 0.538. The van der Waals surface area contributed by atoms with Gasteiger partial charge in [0.2, 0.25) is 11.5 Å². The Bertz CT molecular complexity index is 425. The predicted octanol–water partition coefficient (Wildman–Crippen LogP) is 2.66. The van der Waals surface area contributed by atoms with Crippen molar-refractivity contribution in [2.45, 2.75) is 27.2 Å².